The molecule has 0 aromatic carbocycles. The molecule has 0 spiro atoms. The van der Waals surface area contributed by atoms with Gasteiger partial charge < -0.3 is 103 Å². The predicted molar refractivity (Wildman–Crippen MR) is 416 cm³/mol. The fourth-order valence-electron chi connectivity index (χ4n) is 15.3. The van der Waals surface area contributed by atoms with Gasteiger partial charge in [-0.25, -0.2) is 0 Å². The van der Waals surface area contributed by atoms with Crippen molar-refractivity contribution < 1.29 is 145 Å². The Hall–Kier alpha value is -3.25. The second-order valence-corrected chi connectivity index (χ2v) is 34.2. The van der Waals surface area contributed by atoms with E-state index >= 15 is 0 Å². The monoisotopic (exact) mass is 1650 g/mol. The van der Waals surface area contributed by atoms with Crippen LogP contribution >= 0.6 is 7.82 Å². The standard InChI is InChI=1S/C83H145O30P/c1-57-47-61(53-110-114(101,102)103-5)69(48-57)70(94)36-22-11-9-7-6-8-10-15-35-68(93)49-83(56-106-45-39-66(91)31-20-14-21-32-67(92)40-46-109-82-60(4)76(97)79(100)73(52-86)113-82,54-104-43-37-64(89)29-18-12-16-27-62(87)33-23-25-41-107-80-58(2)74(95)77(98)71(50-84)111-80)55-105-44-38-65(90)30-19-13-17-28-63(88)34-24-26-42-108-81-59(3)75(96)78(99)72(51-85)112-81/h57-61,69,71-82,84-86,95-100H,6-56H2,1-5H3,(H,101,102)/p-1/t57-,58?,59?,60?,61+,69?,71?,72?,73?,74?,75?,76?,77?,78?,79?,80?,81?,82?,83?/m1/s1. The Morgan fingerprint density at radius 3 is 1.01 bits per heavy atom. The van der Waals surface area contributed by atoms with Gasteiger partial charge in [-0.3, -0.25) is 42.9 Å². The average molecular weight is 1650 g/mol. The van der Waals surface area contributed by atoms with Crippen LogP contribution in [0.2, 0.25) is 0 Å². The molecule has 3 saturated heterocycles. The van der Waals surface area contributed by atoms with Crippen molar-refractivity contribution in [2.45, 2.75) is 345 Å². The molecule has 662 valence electrons. The third kappa shape index (κ3) is 40.9. The van der Waals surface area contributed by atoms with Gasteiger partial charge >= 0.3 is 0 Å². The summed E-state index contributed by atoms with van der Waals surface area (Å²) in [5.41, 5.74) is -1.08. The van der Waals surface area contributed by atoms with Crippen molar-refractivity contribution in [1.82, 2.24) is 0 Å². The molecule has 0 aromatic heterocycles. The second-order valence-electron chi connectivity index (χ2n) is 32.7. The predicted octanol–water partition coefficient (Wildman–Crippen LogP) is 7.69. The third-order valence-corrected chi connectivity index (χ3v) is 23.7. The number of unbranched alkanes of at least 4 members (excludes halogenated alkanes) is 15. The number of ketones is 8. The number of carbonyl (C=O) groups is 8. The summed E-state index contributed by atoms with van der Waals surface area (Å²) in [7, 11) is -3.35. The van der Waals surface area contributed by atoms with E-state index in [1.807, 2.05) is 0 Å². The first-order chi connectivity index (χ1) is 54.6. The molecule has 4 fully saturated rings. The lowest BCUT2D eigenvalue weighted by Crippen LogP contribution is -2.55. The zero-order valence-electron chi connectivity index (χ0n) is 69.0. The molecule has 0 aromatic rings. The van der Waals surface area contributed by atoms with E-state index in [2.05, 4.69) is 11.4 Å². The molecule has 114 heavy (non-hydrogen) atoms. The molecule has 9 N–H and O–H groups in total. The van der Waals surface area contributed by atoms with Gasteiger partial charge in [0.05, 0.1) is 91.0 Å². The van der Waals surface area contributed by atoms with Crippen molar-refractivity contribution in [3.63, 3.8) is 0 Å². The summed E-state index contributed by atoms with van der Waals surface area (Å²) >= 11 is 0. The molecule has 3 aliphatic heterocycles. The summed E-state index contributed by atoms with van der Waals surface area (Å²) in [6, 6.07) is 0. The number of aliphatic hydroxyl groups excluding tert-OH is 9. The van der Waals surface area contributed by atoms with Gasteiger partial charge in [0.2, 0.25) is 0 Å². The van der Waals surface area contributed by atoms with E-state index in [-0.39, 0.29) is 188 Å². The smallest absolute Gasteiger partial charge is 0.267 e. The first-order valence-electron chi connectivity index (χ1n) is 42.7. The first kappa shape index (κ1) is 103. The Morgan fingerprint density at radius 2 is 0.667 bits per heavy atom. The van der Waals surface area contributed by atoms with Gasteiger partial charge in [0.25, 0.3) is 7.82 Å². The molecule has 0 amide bonds. The van der Waals surface area contributed by atoms with E-state index < -0.39 is 125 Å². The highest BCUT2D eigenvalue weighted by Crippen LogP contribution is 2.43. The van der Waals surface area contributed by atoms with Crippen LogP contribution in [0.4, 0.5) is 0 Å². The SMILES string of the molecule is COP(=O)([O-])OC[C@@H]1C[C@@H](C)CC1C(=O)CCCCCCCCCCC(=O)CC(COCCC(=O)CCCCCC(=O)CCCCOC1OC(CO)C(O)C(O)C1C)(COCCC(=O)CCCCCC(=O)CCCCOC1OC(CO)C(O)C(O)C1C)COCCC(=O)CCCCCC(=O)CCOC1OC(CO)C(O)C(O)C1C. The van der Waals surface area contributed by atoms with Crippen LogP contribution in [0.5, 0.6) is 0 Å². The molecular weight excluding hydrogens is 1510 g/mol. The van der Waals surface area contributed by atoms with E-state index in [1.165, 1.54) is 0 Å². The first-order valence-corrected chi connectivity index (χ1v) is 44.2. The van der Waals surface area contributed by atoms with Gasteiger partial charge in [-0.15, -0.1) is 0 Å². The Labute approximate surface area is 676 Å². The van der Waals surface area contributed by atoms with Crippen LogP contribution < -0.4 is 4.89 Å². The van der Waals surface area contributed by atoms with E-state index in [0.29, 0.717) is 134 Å². The number of rotatable bonds is 70. The van der Waals surface area contributed by atoms with Crippen LogP contribution in [-0.2, 0) is 94.6 Å². The molecule has 31 heteroatoms. The summed E-state index contributed by atoms with van der Waals surface area (Å²) in [5.74, 6) is -1.60. The zero-order valence-corrected chi connectivity index (χ0v) is 69.9. The number of hydrogen-bond acceptors (Lipinski definition) is 30. The molecule has 0 radical (unpaired) electrons. The number of hydrogen-bond donors (Lipinski definition) is 9. The summed E-state index contributed by atoms with van der Waals surface area (Å²) in [4.78, 5) is 117. The van der Waals surface area contributed by atoms with Gasteiger partial charge in [-0.05, 0) is 102 Å². The average Bonchev–Trinajstić information content (AvgIpc) is 0.869. The normalized spacial score (nSPS) is 27.6. The molecule has 19 atom stereocenters. The Balaban J connectivity index is 1.29. The number of phosphoric acid groups is 1. The molecule has 3 heterocycles. The topological polar surface area (TPSA) is 460 Å². The maximum Gasteiger partial charge on any atom is 0.267 e. The van der Waals surface area contributed by atoms with Crippen LogP contribution in [0.1, 0.15) is 272 Å². The molecule has 17 unspecified atom stereocenters. The number of carbonyl (C=O) groups excluding carboxylic acids is 8. The lowest BCUT2D eigenvalue weighted by atomic mass is 9.83. The van der Waals surface area contributed by atoms with E-state index in [0.717, 1.165) is 58.5 Å². The van der Waals surface area contributed by atoms with Crippen LogP contribution in [0.3, 0.4) is 0 Å². The number of Topliss-reactive ketones (excluding diaryl/α,β-unsaturated/α-hetero) is 8. The van der Waals surface area contributed by atoms with E-state index in [9.17, 15) is 93.8 Å². The van der Waals surface area contributed by atoms with Crippen LogP contribution in [-0.4, -0.2) is 259 Å². The highest BCUT2D eigenvalue weighted by molar-refractivity contribution is 7.45. The Bertz CT molecular complexity index is 2670. The van der Waals surface area contributed by atoms with E-state index in [1.54, 1.807) is 20.8 Å². The lowest BCUT2D eigenvalue weighted by Gasteiger charge is -2.40. The number of phosphoric ester groups is 1. The molecule has 0 bridgehead atoms. The molecule has 1 saturated carbocycles. The Kier molecular flexibility index (Phi) is 53.1. The second kappa shape index (κ2) is 58.7. The molecule has 4 aliphatic rings. The molecule has 4 rings (SSSR count). The minimum atomic E-state index is -4.39. The molecule has 30 nitrogen and oxygen atoms in total. The van der Waals surface area contributed by atoms with Crippen LogP contribution in [0, 0.1) is 40.9 Å². The molecular formula is C83H144O30P-. The van der Waals surface area contributed by atoms with Crippen molar-refractivity contribution in [3.8, 4) is 0 Å². The fourth-order valence-corrected chi connectivity index (χ4v) is 15.8. The van der Waals surface area contributed by atoms with Crippen LogP contribution in [0.25, 0.3) is 0 Å². The maximum atomic E-state index is 14.2. The highest BCUT2D eigenvalue weighted by Gasteiger charge is 2.46. The van der Waals surface area contributed by atoms with Gasteiger partial charge in [0, 0.05) is 146 Å². The van der Waals surface area contributed by atoms with Crippen molar-refractivity contribution in [2.24, 2.45) is 40.9 Å². The van der Waals surface area contributed by atoms with Crippen molar-refractivity contribution in [1.29, 1.82) is 0 Å². The number of aliphatic hydroxyl groups is 9. The fraction of sp³-hybridized carbons (Fsp3) is 0.904. The number of ether oxygens (including phenoxy) is 9. The van der Waals surface area contributed by atoms with Gasteiger partial charge in [0.15, 0.2) is 18.9 Å². The highest BCUT2D eigenvalue weighted by atomic mass is 31.2. The van der Waals surface area contributed by atoms with Crippen LogP contribution in [0.15, 0.2) is 0 Å². The summed E-state index contributed by atoms with van der Waals surface area (Å²) in [6.07, 6.45) is 7.07. The third-order valence-electron chi connectivity index (χ3n) is 22.7. The minimum Gasteiger partial charge on any atom is -0.756 e. The summed E-state index contributed by atoms with van der Waals surface area (Å²) < 4.78 is 74.1. The maximum absolute atomic E-state index is 14.2. The Morgan fingerprint density at radius 1 is 0.377 bits per heavy atom. The minimum absolute atomic E-state index is 0.00889. The van der Waals surface area contributed by atoms with Gasteiger partial charge in [0.1, 0.15) is 82.9 Å². The summed E-state index contributed by atoms with van der Waals surface area (Å²) in [5, 5.41) is 89.9. The largest absolute Gasteiger partial charge is 0.756 e. The van der Waals surface area contributed by atoms with Crippen molar-refractivity contribution in [2.75, 3.05) is 93.0 Å². The van der Waals surface area contributed by atoms with E-state index in [4.69, 9.17) is 47.2 Å². The quantitative estimate of drug-likeness (QED) is 0.0208. The van der Waals surface area contributed by atoms with Gasteiger partial charge in [-0.2, -0.15) is 0 Å². The molecule has 1 aliphatic carbocycles. The van der Waals surface area contributed by atoms with Crippen molar-refractivity contribution in [3.05, 3.63) is 0 Å². The zero-order chi connectivity index (χ0) is 83.9. The lowest BCUT2D eigenvalue weighted by molar-refractivity contribution is -0.282. The van der Waals surface area contributed by atoms with Crippen molar-refractivity contribution >= 4 is 54.1 Å². The summed E-state index contributed by atoms with van der Waals surface area (Å²) in [6.45, 7) is 6.15. The van der Waals surface area contributed by atoms with Gasteiger partial charge in [-0.1, -0.05) is 85.5 Å².